The van der Waals surface area contributed by atoms with Crippen molar-refractivity contribution in [2.45, 2.75) is 0 Å². The highest BCUT2D eigenvalue weighted by Crippen LogP contribution is 2.31. The van der Waals surface area contributed by atoms with Crippen molar-refractivity contribution in [2.24, 2.45) is 0 Å². The lowest BCUT2D eigenvalue weighted by Crippen LogP contribution is -2.36. The minimum atomic E-state index is -1.48. The summed E-state index contributed by atoms with van der Waals surface area (Å²) in [6, 6.07) is 9.78. The molecule has 8 nitrogen and oxygen atoms in total. The molecule has 0 unspecified atom stereocenters. The highest BCUT2D eigenvalue weighted by molar-refractivity contribution is 6.14. The number of ketones is 1. The van der Waals surface area contributed by atoms with Crippen molar-refractivity contribution in [3.8, 4) is 0 Å². The van der Waals surface area contributed by atoms with Crippen LogP contribution in [0, 0.1) is 10.1 Å². The van der Waals surface area contributed by atoms with E-state index in [0.29, 0.717) is 32.0 Å². The Labute approximate surface area is 148 Å². The third-order valence-corrected chi connectivity index (χ3v) is 4.18. The summed E-state index contributed by atoms with van der Waals surface area (Å²) in [5, 5.41) is 22.7. The molecule has 1 aliphatic rings. The fourth-order valence-electron chi connectivity index (χ4n) is 2.90. The Morgan fingerprint density at radius 3 is 2.31 bits per heavy atom. The first-order valence-corrected chi connectivity index (χ1v) is 7.95. The van der Waals surface area contributed by atoms with E-state index in [1.54, 1.807) is 0 Å². The van der Waals surface area contributed by atoms with Crippen molar-refractivity contribution in [3.63, 3.8) is 0 Å². The number of hydrogen-bond acceptors (Lipinski definition) is 7. The van der Waals surface area contributed by atoms with E-state index in [9.17, 15) is 24.8 Å². The van der Waals surface area contributed by atoms with Gasteiger partial charge in [-0.25, -0.2) is 0 Å². The van der Waals surface area contributed by atoms with Crippen molar-refractivity contribution in [1.82, 2.24) is 0 Å². The van der Waals surface area contributed by atoms with Gasteiger partial charge in [-0.1, -0.05) is 24.3 Å². The third-order valence-electron chi connectivity index (χ3n) is 4.18. The maximum absolute atomic E-state index is 12.7. The van der Waals surface area contributed by atoms with Crippen LogP contribution in [0.5, 0.6) is 0 Å². The smallest absolute Gasteiger partial charge is 0.293 e. The number of hydrogen-bond donors (Lipinski definition) is 0. The first-order chi connectivity index (χ1) is 12.5. The molecule has 2 aromatic carbocycles. The standard InChI is InChI=1S/C18H16N2O6/c21-17(13-3-1-2-4-14(13)18(22)23)12-5-6-15(16(11-12)20(24)25)19-7-9-26-10-8-19/h1-6,11H,7-10H2,(H,22,23)/p-1. The van der Waals surface area contributed by atoms with E-state index in [-0.39, 0.29) is 22.4 Å². The highest BCUT2D eigenvalue weighted by atomic mass is 16.6. The average molecular weight is 355 g/mol. The second-order valence-electron chi connectivity index (χ2n) is 5.72. The molecule has 8 heteroatoms. The first-order valence-electron chi connectivity index (χ1n) is 7.95. The van der Waals surface area contributed by atoms with E-state index >= 15 is 0 Å². The SMILES string of the molecule is O=C([O-])c1ccccc1C(=O)c1ccc(N2CCOCC2)c([N+](=O)[O-])c1. The number of nitro benzene ring substituents is 1. The summed E-state index contributed by atoms with van der Waals surface area (Å²) in [5.41, 5.74) is -0.0764. The Morgan fingerprint density at radius 2 is 1.69 bits per heavy atom. The molecule has 0 saturated carbocycles. The topological polar surface area (TPSA) is 113 Å². The van der Waals surface area contributed by atoms with Crippen LogP contribution in [0.4, 0.5) is 11.4 Å². The van der Waals surface area contributed by atoms with Gasteiger partial charge in [-0.05, 0) is 12.1 Å². The van der Waals surface area contributed by atoms with Gasteiger partial charge in [0.05, 0.1) is 24.1 Å². The summed E-state index contributed by atoms with van der Waals surface area (Å²) in [7, 11) is 0. The number of anilines is 1. The van der Waals surface area contributed by atoms with Crippen molar-refractivity contribution in [3.05, 3.63) is 69.3 Å². The van der Waals surface area contributed by atoms with Gasteiger partial charge in [-0.3, -0.25) is 14.9 Å². The number of carbonyl (C=O) groups excluding carboxylic acids is 2. The van der Waals surface area contributed by atoms with Crippen LogP contribution in [0.2, 0.25) is 0 Å². The number of benzene rings is 2. The van der Waals surface area contributed by atoms with Crippen LogP contribution in [0.25, 0.3) is 0 Å². The number of carboxylic acids is 1. The molecule has 0 aromatic heterocycles. The predicted octanol–water partition coefficient (Wildman–Crippen LogP) is 1.03. The molecule has 1 fully saturated rings. The van der Waals surface area contributed by atoms with Crippen molar-refractivity contribution >= 4 is 23.1 Å². The summed E-state index contributed by atoms with van der Waals surface area (Å²) in [6.07, 6.45) is 0. The minimum absolute atomic E-state index is 0.0439. The Morgan fingerprint density at radius 1 is 1.04 bits per heavy atom. The number of nitrogens with zero attached hydrogens (tertiary/aromatic N) is 2. The van der Waals surface area contributed by atoms with E-state index in [2.05, 4.69) is 0 Å². The van der Waals surface area contributed by atoms with Gasteiger partial charge in [0, 0.05) is 35.8 Å². The number of rotatable bonds is 5. The number of carbonyl (C=O) groups is 2. The molecule has 0 bridgehead atoms. The second kappa shape index (κ2) is 7.32. The largest absolute Gasteiger partial charge is 0.545 e. The Hall–Kier alpha value is -3.26. The monoisotopic (exact) mass is 355 g/mol. The average Bonchev–Trinajstić information content (AvgIpc) is 2.67. The summed E-state index contributed by atoms with van der Waals surface area (Å²) < 4.78 is 5.25. The van der Waals surface area contributed by atoms with Gasteiger partial charge in [0.15, 0.2) is 5.78 Å². The van der Waals surface area contributed by atoms with Crippen LogP contribution in [0.15, 0.2) is 42.5 Å². The van der Waals surface area contributed by atoms with E-state index in [4.69, 9.17) is 4.74 Å². The fourth-order valence-corrected chi connectivity index (χ4v) is 2.90. The zero-order valence-corrected chi connectivity index (χ0v) is 13.7. The van der Waals surface area contributed by atoms with Crippen molar-refractivity contribution in [2.75, 3.05) is 31.2 Å². The molecule has 1 aliphatic heterocycles. The number of carboxylic acid groups (broad SMARTS) is 1. The Kier molecular flexibility index (Phi) is 4.94. The predicted molar refractivity (Wildman–Crippen MR) is 90.3 cm³/mol. The molecule has 0 atom stereocenters. The number of nitro groups is 1. The summed E-state index contributed by atoms with van der Waals surface area (Å²) >= 11 is 0. The Balaban J connectivity index is 2.01. The first kappa shape index (κ1) is 17.6. The molecule has 0 spiro atoms. The lowest BCUT2D eigenvalue weighted by molar-refractivity contribution is -0.384. The molecular formula is C18H15N2O6-. The van der Waals surface area contributed by atoms with Crippen LogP contribution in [-0.2, 0) is 4.74 Å². The van der Waals surface area contributed by atoms with Gasteiger partial charge in [0.1, 0.15) is 5.69 Å². The molecule has 0 N–H and O–H groups in total. The third kappa shape index (κ3) is 3.40. The lowest BCUT2D eigenvalue weighted by atomic mass is 9.97. The zero-order chi connectivity index (χ0) is 18.7. The molecule has 0 amide bonds. The molecule has 1 heterocycles. The van der Waals surface area contributed by atoms with Crippen molar-refractivity contribution < 1.29 is 24.4 Å². The summed E-state index contributed by atoms with van der Waals surface area (Å²) in [4.78, 5) is 36.6. The van der Waals surface area contributed by atoms with Gasteiger partial charge in [0.25, 0.3) is 5.69 Å². The molecule has 134 valence electrons. The molecular weight excluding hydrogens is 340 g/mol. The van der Waals surface area contributed by atoms with E-state index < -0.39 is 16.7 Å². The lowest BCUT2D eigenvalue weighted by Gasteiger charge is -2.28. The fraction of sp³-hybridized carbons (Fsp3) is 0.222. The highest BCUT2D eigenvalue weighted by Gasteiger charge is 2.24. The van der Waals surface area contributed by atoms with Crippen LogP contribution >= 0.6 is 0 Å². The van der Waals surface area contributed by atoms with E-state index in [1.807, 2.05) is 4.90 Å². The number of ether oxygens (including phenoxy) is 1. The maximum atomic E-state index is 12.7. The molecule has 1 saturated heterocycles. The zero-order valence-electron chi connectivity index (χ0n) is 13.7. The van der Waals surface area contributed by atoms with Gasteiger partial charge < -0.3 is 19.5 Å². The summed E-state index contributed by atoms with van der Waals surface area (Å²) in [6.45, 7) is 1.97. The summed E-state index contributed by atoms with van der Waals surface area (Å²) in [5.74, 6) is -2.09. The molecule has 0 aliphatic carbocycles. The molecule has 3 rings (SSSR count). The number of aromatic carboxylic acids is 1. The van der Waals surface area contributed by atoms with Gasteiger partial charge >= 0.3 is 0 Å². The normalized spacial score (nSPS) is 14.1. The van der Waals surface area contributed by atoms with Crippen LogP contribution in [0.1, 0.15) is 26.3 Å². The number of morpholine rings is 1. The quantitative estimate of drug-likeness (QED) is 0.447. The molecule has 2 aromatic rings. The second-order valence-corrected chi connectivity index (χ2v) is 5.72. The van der Waals surface area contributed by atoms with E-state index in [1.165, 1.54) is 42.5 Å². The van der Waals surface area contributed by atoms with E-state index in [0.717, 1.165) is 0 Å². The van der Waals surface area contributed by atoms with Crippen LogP contribution in [-0.4, -0.2) is 43.0 Å². The van der Waals surface area contributed by atoms with Crippen LogP contribution < -0.4 is 10.0 Å². The maximum Gasteiger partial charge on any atom is 0.293 e. The Bertz CT molecular complexity index is 874. The molecule has 26 heavy (non-hydrogen) atoms. The van der Waals surface area contributed by atoms with Crippen LogP contribution in [0.3, 0.4) is 0 Å². The minimum Gasteiger partial charge on any atom is -0.545 e. The van der Waals surface area contributed by atoms with Gasteiger partial charge in [0.2, 0.25) is 0 Å². The molecule has 0 radical (unpaired) electrons. The van der Waals surface area contributed by atoms with Crippen molar-refractivity contribution in [1.29, 1.82) is 0 Å². The van der Waals surface area contributed by atoms with Gasteiger partial charge in [-0.2, -0.15) is 0 Å². The van der Waals surface area contributed by atoms with Gasteiger partial charge in [-0.15, -0.1) is 0 Å².